The molecule has 0 fully saturated rings. The van der Waals surface area contributed by atoms with Crippen molar-refractivity contribution in [3.63, 3.8) is 0 Å². The summed E-state index contributed by atoms with van der Waals surface area (Å²) in [7, 11) is 0. The third-order valence-electron chi connectivity index (χ3n) is 3.56. The smallest absolute Gasteiger partial charge is 0.114 e. The normalized spacial score (nSPS) is 12.7. The van der Waals surface area contributed by atoms with Gasteiger partial charge in [-0.3, -0.25) is 0 Å². The number of hydrogen-bond acceptors (Lipinski definition) is 2. The van der Waals surface area contributed by atoms with E-state index in [1.807, 2.05) is 6.20 Å². The van der Waals surface area contributed by atoms with Crippen LogP contribution in [0.2, 0.25) is 0 Å². The topological polar surface area (TPSA) is 54.7 Å². The summed E-state index contributed by atoms with van der Waals surface area (Å²) < 4.78 is 0. The van der Waals surface area contributed by atoms with Gasteiger partial charge in [-0.2, -0.15) is 0 Å². The molecule has 17 heavy (non-hydrogen) atoms. The summed E-state index contributed by atoms with van der Waals surface area (Å²) >= 11 is 0. The van der Waals surface area contributed by atoms with Gasteiger partial charge in [0.05, 0.1) is 5.92 Å². The fraction of sp³-hybridized carbons (Fsp3) is 0.357. The van der Waals surface area contributed by atoms with E-state index in [9.17, 15) is 0 Å². The lowest BCUT2D eigenvalue weighted by atomic mass is 9.90. The van der Waals surface area contributed by atoms with E-state index in [-0.39, 0.29) is 5.92 Å². The predicted molar refractivity (Wildman–Crippen MR) is 70.1 cm³/mol. The van der Waals surface area contributed by atoms with Crippen LogP contribution in [0.3, 0.4) is 0 Å². The first-order chi connectivity index (χ1) is 8.15. The lowest BCUT2D eigenvalue weighted by Crippen LogP contribution is -2.16. The highest BCUT2D eigenvalue weighted by atomic mass is 14.9. The second kappa shape index (κ2) is 4.72. The van der Waals surface area contributed by atoms with Gasteiger partial charge in [0.25, 0.3) is 0 Å². The number of rotatable bonds is 3. The number of H-pyrrole nitrogens is 1. The maximum absolute atomic E-state index is 5.89. The SMILES string of the molecule is Cc1ccc(C(CN)c2ncc[nH]2)c(C)c1C. The largest absolute Gasteiger partial charge is 0.348 e. The van der Waals surface area contributed by atoms with Gasteiger partial charge in [0.2, 0.25) is 0 Å². The summed E-state index contributed by atoms with van der Waals surface area (Å²) in [6, 6.07) is 4.32. The fourth-order valence-electron chi connectivity index (χ4n) is 2.21. The first-order valence-electron chi connectivity index (χ1n) is 5.91. The van der Waals surface area contributed by atoms with E-state index < -0.39 is 0 Å². The lowest BCUT2D eigenvalue weighted by molar-refractivity contribution is 0.758. The molecule has 3 nitrogen and oxygen atoms in total. The number of nitrogens with zero attached hydrogens (tertiary/aromatic N) is 1. The van der Waals surface area contributed by atoms with Crippen molar-refractivity contribution < 1.29 is 0 Å². The molecule has 0 spiro atoms. The summed E-state index contributed by atoms with van der Waals surface area (Å²) in [4.78, 5) is 7.48. The van der Waals surface area contributed by atoms with E-state index in [4.69, 9.17) is 5.73 Å². The Morgan fingerprint density at radius 2 is 2.00 bits per heavy atom. The van der Waals surface area contributed by atoms with Crippen LogP contribution >= 0.6 is 0 Å². The monoisotopic (exact) mass is 229 g/mol. The van der Waals surface area contributed by atoms with Crippen LogP contribution in [0.5, 0.6) is 0 Å². The molecule has 2 aromatic rings. The van der Waals surface area contributed by atoms with Gasteiger partial charge in [-0.1, -0.05) is 12.1 Å². The van der Waals surface area contributed by atoms with Gasteiger partial charge in [0, 0.05) is 18.9 Å². The van der Waals surface area contributed by atoms with Gasteiger partial charge in [-0.05, 0) is 43.0 Å². The molecule has 1 aromatic carbocycles. The minimum atomic E-state index is 0.157. The fourth-order valence-corrected chi connectivity index (χ4v) is 2.21. The number of aryl methyl sites for hydroxylation is 1. The highest BCUT2D eigenvalue weighted by Gasteiger charge is 2.17. The summed E-state index contributed by atoms with van der Waals surface area (Å²) in [6.45, 7) is 7.01. The molecule has 1 atom stereocenters. The minimum Gasteiger partial charge on any atom is -0.348 e. The van der Waals surface area contributed by atoms with Gasteiger partial charge in [0.1, 0.15) is 5.82 Å². The van der Waals surface area contributed by atoms with Crippen molar-refractivity contribution in [2.75, 3.05) is 6.54 Å². The maximum atomic E-state index is 5.89. The quantitative estimate of drug-likeness (QED) is 0.849. The van der Waals surface area contributed by atoms with Crippen molar-refractivity contribution >= 4 is 0 Å². The molecule has 1 heterocycles. The third kappa shape index (κ3) is 2.11. The molecular weight excluding hydrogens is 210 g/mol. The van der Waals surface area contributed by atoms with Crippen molar-refractivity contribution in [1.82, 2.24) is 9.97 Å². The number of nitrogens with one attached hydrogen (secondary N) is 1. The van der Waals surface area contributed by atoms with Crippen LogP contribution in [0.1, 0.15) is 34.0 Å². The molecule has 1 unspecified atom stereocenters. The second-order valence-corrected chi connectivity index (χ2v) is 4.48. The van der Waals surface area contributed by atoms with E-state index >= 15 is 0 Å². The predicted octanol–water partition coefficient (Wildman–Crippen LogP) is 2.43. The molecule has 90 valence electrons. The first-order valence-corrected chi connectivity index (χ1v) is 5.91. The van der Waals surface area contributed by atoms with Gasteiger partial charge < -0.3 is 10.7 Å². The Kier molecular flexibility index (Phi) is 3.29. The number of aromatic nitrogens is 2. The van der Waals surface area contributed by atoms with Crippen molar-refractivity contribution in [3.8, 4) is 0 Å². The molecule has 0 aliphatic carbocycles. The molecular formula is C14H19N3. The van der Waals surface area contributed by atoms with E-state index in [2.05, 4.69) is 42.9 Å². The van der Waals surface area contributed by atoms with E-state index in [1.165, 1.54) is 22.3 Å². The molecule has 0 amide bonds. The number of imidazole rings is 1. The van der Waals surface area contributed by atoms with E-state index in [0.29, 0.717) is 6.54 Å². The van der Waals surface area contributed by atoms with Gasteiger partial charge >= 0.3 is 0 Å². The molecule has 0 radical (unpaired) electrons. The summed E-state index contributed by atoms with van der Waals surface area (Å²) in [6.07, 6.45) is 3.61. The Balaban J connectivity index is 2.49. The number of benzene rings is 1. The first kappa shape index (κ1) is 11.9. The van der Waals surface area contributed by atoms with Gasteiger partial charge in [-0.15, -0.1) is 0 Å². The Morgan fingerprint density at radius 1 is 1.24 bits per heavy atom. The minimum absolute atomic E-state index is 0.157. The Morgan fingerprint density at radius 3 is 2.59 bits per heavy atom. The number of aromatic amines is 1. The van der Waals surface area contributed by atoms with E-state index in [1.54, 1.807) is 6.20 Å². The molecule has 0 aliphatic heterocycles. The van der Waals surface area contributed by atoms with Crippen molar-refractivity contribution in [3.05, 3.63) is 52.6 Å². The zero-order chi connectivity index (χ0) is 12.4. The molecule has 1 aromatic heterocycles. The van der Waals surface area contributed by atoms with Gasteiger partial charge in [-0.25, -0.2) is 4.98 Å². The van der Waals surface area contributed by atoms with Gasteiger partial charge in [0.15, 0.2) is 0 Å². The van der Waals surface area contributed by atoms with Crippen LogP contribution in [0.15, 0.2) is 24.5 Å². The van der Waals surface area contributed by atoms with Crippen LogP contribution in [0.25, 0.3) is 0 Å². The highest BCUT2D eigenvalue weighted by Crippen LogP contribution is 2.27. The third-order valence-corrected chi connectivity index (χ3v) is 3.56. The van der Waals surface area contributed by atoms with Crippen LogP contribution in [-0.2, 0) is 0 Å². The molecule has 2 rings (SSSR count). The molecule has 0 bridgehead atoms. The average molecular weight is 229 g/mol. The van der Waals surface area contributed by atoms with Crippen LogP contribution in [0, 0.1) is 20.8 Å². The van der Waals surface area contributed by atoms with Crippen LogP contribution in [0.4, 0.5) is 0 Å². The molecule has 3 N–H and O–H groups in total. The van der Waals surface area contributed by atoms with Crippen molar-refractivity contribution in [2.24, 2.45) is 5.73 Å². The lowest BCUT2D eigenvalue weighted by Gasteiger charge is -2.18. The average Bonchev–Trinajstić information content (AvgIpc) is 2.84. The molecule has 0 aliphatic rings. The summed E-state index contributed by atoms with van der Waals surface area (Å²) in [5, 5.41) is 0. The zero-order valence-electron chi connectivity index (χ0n) is 10.6. The Bertz CT molecular complexity index is 500. The summed E-state index contributed by atoms with van der Waals surface area (Å²) in [5.41, 5.74) is 11.1. The standard InChI is InChI=1S/C14H19N3/c1-9-4-5-12(11(3)10(9)2)13(8-15)14-16-6-7-17-14/h4-7,13H,8,15H2,1-3H3,(H,16,17). The second-order valence-electron chi connectivity index (χ2n) is 4.48. The number of nitrogens with two attached hydrogens (primary N) is 1. The van der Waals surface area contributed by atoms with Crippen LogP contribution < -0.4 is 5.73 Å². The summed E-state index contributed by atoms with van der Waals surface area (Å²) in [5.74, 6) is 1.10. The molecule has 0 saturated heterocycles. The van der Waals surface area contributed by atoms with Crippen molar-refractivity contribution in [1.29, 1.82) is 0 Å². The van der Waals surface area contributed by atoms with E-state index in [0.717, 1.165) is 5.82 Å². The molecule has 0 saturated carbocycles. The maximum Gasteiger partial charge on any atom is 0.114 e. The Hall–Kier alpha value is -1.61. The van der Waals surface area contributed by atoms with Crippen LogP contribution in [-0.4, -0.2) is 16.5 Å². The highest BCUT2D eigenvalue weighted by molar-refractivity contribution is 5.42. The van der Waals surface area contributed by atoms with Crippen molar-refractivity contribution in [2.45, 2.75) is 26.7 Å². The zero-order valence-corrected chi connectivity index (χ0v) is 10.6. The number of hydrogen-bond donors (Lipinski definition) is 2. The Labute approximate surface area is 102 Å². The molecule has 3 heteroatoms.